The molecule has 8 atom stereocenters. The SMILES string of the molecule is COc1cccc2c1C(=O)c1c(O)c3c(c(O)c1C2=O)CC(O)(C(C)=O)CC3OC1CC(NC(=O)C(CCCCN)NC(=O)C(N)CCN)C(O)C(C)O1. The fourth-order valence-corrected chi connectivity index (χ4v) is 7.40. The molecule has 0 saturated carbocycles. The van der Waals surface area contributed by atoms with Crippen molar-refractivity contribution in [3.8, 4) is 17.2 Å². The van der Waals surface area contributed by atoms with Gasteiger partial charge in [-0.05, 0) is 58.7 Å². The van der Waals surface area contributed by atoms with Crippen LogP contribution in [-0.2, 0) is 30.3 Å². The number of aromatic hydroxyl groups is 2. The van der Waals surface area contributed by atoms with Crippen molar-refractivity contribution in [2.75, 3.05) is 20.2 Å². The molecule has 2 aliphatic carbocycles. The van der Waals surface area contributed by atoms with Crippen LogP contribution in [0.2, 0.25) is 0 Å². The Labute approximate surface area is 311 Å². The first kappa shape index (κ1) is 40.7. The lowest BCUT2D eigenvalue weighted by Crippen LogP contribution is -2.59. The molecular formula is C37H49N5O12. The quantitative estimate of drug-likeness (QED) is 0.0739. The van der Waals surface area contributed by atoms with Gasteiger partial charge >= 0.3 is 0 Å². The molecule has 0 bridgehead atoms. The normalized spacial score (nSPS) is 25.8. The molecule has 3 aliphatic rings. The van der Waals surface area contributed by atoms with Gasteiger partial charge in [-0.25, -0.2) is 0 Å². The number of carbonyl (C=O) groups excluding carboxylic acids is 5. The molecule has 294 valence electrons. The van der Waals surface area contributed by atoms with Crippen LogP contribution >= 0.6 is 0 Å². The van der Waals surface area contributed by atoms with Crippen LogP contribution in [-0.4, -0.2) is 112 Å². The number of rotatable bonds is 14. The van der Waals surface area contributed by atoms with Gasteiger partial charge in [-0.3, -0.25) is 24.0 Å². The van der Waals surface area contributed by atoms with Gasteiger partial charge in [0.2, 0.25) is 17.6 Å². The molecule has 1 aliphatic heterocycles. The van der Waals surface area contributed by atoms with E-state index in [1.54, 1.807) is 0 Å². The summed E-state index contributed by atoms with van der Waals surface area (Å²) < 4.78 is 17.6. The summed E-state index contributed by atoms with van der Waals surface area (Å²) in [7, 11) is 1.31. The van der Waals surface area contributed by atoms with E-state index < -0.39 is 113 Å². The number of unbranched alkanes of at least 4 members (excludes halogenated alkanes) is 1. The lowest BCUT2D eigenvalue weighted by Gasteiger charge is -2.43. The number of amides is 2. The molecule has 8 unspecified atom stereocenters. The number of fused-ring (bicyclic) bond motifs is 3. The number of ketones is 3. The summed E-state index contributed by atoms with van der Waals surface area (Å²) in [4.78, 5) is 66.8. The third kappa shape index (κ3) is 7.70. The first-order valence-corrected chi connectivity index (χ1v) is 17.9. The Morgan fingerprint density at radius 2 is 1.72 bits per heavy atom. The number of benzene rings is 2. The Balaban J connectivity index is 1.47. The third-order valence-electron chi connectivity index (χ3n) is 10.5. The summed E-state index contributed by atoms with van der Waals surface area (Å²) in [6.07, 6.45) is -4.47. The molecule has 17 nitrogen and oxygen atoms in total. The van der Waals surface area contributed by atoms with Crippen LogP contribution in [0, 0.1) is 0 Å². The fourth-order valence-electron chi connectivity index (χ4n) is 7.40. The number of carbonyl (C=O) groups is 5. The first-order valence-electron chi connectivity index (χ1n) is 17.9. The molecule has 1 saturated heterocycles. The van der Waals surface area contributed by atoms with Gasteiger partial charge in [-0.2, -0.15) is 0 Å². The number of aliphatic hydroxyl groups excluding tert-OH is 1. The summed E-state index contributed by atoms with van der Waals surface area (Å²) in [6.45, 7) is 3.20. The molecule has 12 N–H and O–H groups in total. The van der Waals surface area contributed by atoms with E-state index >= 15 is 0 Å². The lowest BCUT2D eigenvalue weighted by atomic mass is 9.72. The van der Waals surface area contributed by atoms with Crippen molar-refractivity contribution in [3.63, 3.8) is 0 Å². The number of aliphatic hydroxyl groups is 2. The van der Waals surface area contributed by atoms with Gasteiger partial charge in [0.05, 0.1) is 48.1 Å². The van der Waals surface area contributed by atoms with E-state index in [0.717, 1.165) is 6.92 Å². The smallest absolute Gasteiger partial charge is 0.242 e. The van der Waals surface area contributed by atoms with E-state index in [4.69, 9.17) is 31.4 Å². The zero-order valence-corrected chi connectivity index (χ0v) is 30.4. The van der Waals surface area contributed by atoms with E-state index in [0.29, 0.717) is 19.4 Å². The second-order valence-electron chi connectivity index (χ2n) is 14.1. The molecule has 2 amide bonds. The number of nitrogens with one attached hydrogen (secondary N) is 2. The molecule has 17 heteroatoms. The number of methoxy groups -OCH3 is 1. The highest BCUT2D eigenvalue weighted by molar-refractivity contribution is 6.31. The summed E-state index contributed by atoms with van der Waals surface area (Å²) >= 11 is 0. The van der Waals surface area contributed by atoms with Crippen molar-refractivity contribution in [3.05, 3.63) is 51.6 Å². The number of ether oxygens (including phenoxy) is 3. The highest BCUT2D eigenvalue weighted by Crippen LogP contribution is 2.52. The van der Waals surface area contributed by atoms with Crippen LogP contribution in [0.4, 0.5) is 0 Å². The van der Waals surface area contributed by atoms with Crippen molar-refractivity contribution in [1.29, 1.82) is 0 Å². The Morgan fingerprint density at radius 1 is 1.02 bits per heavy atom. The maximum absolute atomic E-state index is 13.9. The number of phenols is 2. The molecule has 2 aromatic carbocycles. The van der Waals surface area contributed by atoms with Crippen molar-refractivity contribution in [2.45, 2.75) is 107 Å². The van der Waals surface area contributed by atoms with Crippen molar-refractivity contribution < 1.29 is 58.6 Å². The predicted octanol–water partition coefficient (Wildman–Crippen LogP) is -0.524. The lowest BCUT2D eigenvalue weighted by molar-refractivity contribution is -0.249. The minimum atomic E-state index is -2.13. The van der Waals surface area contributed by atoms with Gasteiger partial charge in [0.15, 0.2) is 17.9 Å². The van der Waals surface area contributed by atoms with E-state index in [-0.39, 0.29) is 53.8 Å². The summed E-state index contributed by atoms with van der Waals surface area (Å²) in [6, 6.07) is 1.39. The first-order chi connectivity index (χ1) is 25.6. The topological polar surface area (TPSA) is 296 Å². The zero-order chi connectivity index (χ0) is 39.6. The average Bonchev–Trinajstić information content (AvgIpc) is 3.13. The Kier molecular flexibility index (Phi) is 12.4. The molecule has 1 heterocycles. The summed E-state index contributed by atoms with van der Waals surface area (Å²) in [5.74, 6) is -4.78. The second kappa shape index (κ2) is 16.5. The van der Waals surface area contributed by atoms with Gasteiger partial charge in [0.1, 0.15) is 35.0 Å². The van der Waals surface area contributed by atoms with Gasteiger partial charge < -0.3 is 62.5 Å². The number of Topliss-reactive ketones (excluding diaryl/α,β-unsaturated/α-hetero) is 1. The summed E-state index contributed by atoms with van der Waals surface area (Å²) in [5.41, 5.74) is 13.5. The molecule has 54 heavy (non-hydrogen) atoms. The van der Waals surface area contributed by atoms with Crippen molar-refractivity contribution in [1.82, 2.24) is 10.6 Å². The van der Waals surface area contributed by atoms with Crippen molar-refractivity contribution in [2.24, 2.45) is 17.2 Å². The van der Waals surface area contributed by atoms with E-state index in [1.165, 1.54) is 32.2 Å². The van der Waals surface area contributed by atoms with Crippen LogP contribution in [0.1, 0.15) is 101 Å². The Hall–Kier alpha value is -4.49. The van der Waals surface area contributed by atoms with Gasteiger partial charge in [-0.1, -0.05) is 12.1 Å². The number of hydrogen-bond donors (Lipinski definition) is 9. The van der Waals surface area contributed by atoms with E-state index in [1.807, 2.05) is 0 Å². The zero-order valence-electron chi connectivity index (χ0n) is 30.4. The van der Waals surface area contributed by atoms with Crippen LogP contribution < -0.4 is 32.6 Å². The highest BCUT2D eigenvalue weighted by Gasteiger charge is 2.50. The largest absolute Gasteiger partial charge is 0.507 e. The van der Waals surface area contributed by atoms with Crippen LogP contribution in [0.25, 0.3) is 0 Å². The third-order valence-corrected chi connectivity index (χ3v) is 10.5. The molecule has 2 aromatic rings. The van der Waals surface area contributed by atoms with Crippen LogP contribution in [0.5, 0.6) is 17.2 Å². The second-order valence-corrected chi connectivity index (χ2v) is 14.1. The van der Waals surface area contributed by atoms with Crippen LogP contribution in [0.15, 0.2) is 18.2 Å². The molecular weight excluding hydrogens is 706 g/mol. The summed E-state index contributed by atoms with van der Waals surface area (Å²) in [5, 5.41) is 51.4. The molecule has 0 radical (unpaired) electrons. The van der Waals surface area contributed by atoms with E-state index in [2.05, 4.69) is 10.6 Å². The van der Waals surface area contributed by atoms with Crippen LogP contribution in [0.3, 0.4) is 0 Å². The van der Waals surface area contributed by atoms with Gasteiger partial charge in [0.25, 0.3) is 0 Å². The van der Waals surface area contributed by atoms with Gasteiger partial charge in [-0.15, -0.1) is 0 Å². The minimum Gasteiger partial charge on any atom is -0.507 e. The maximum Gasteiger partial charge on any atom is 0.242 e. The number of phenolic OH excluding ortho intramolecular Hbond substituents is 2. The molecule has 0 aromatic heterocycles. The van der Waals surface area contributed by atoms with Crippen molar-refractivity contribution >= 4 is 29.2 Å². The minimum absolute atomic E-state index is 0.0669. The van der Waals surface area contributed by atoms with E-state index in [9.17, 15) is 44.4 Å². The maximum atomic E-state index is 13.9. The predicted molar refractivity (Wildman–Crippen MR) is 191 cm³/mol. The average molecular weight is 756 g/mol. The van der Waals surface area contributed by atoms with Gasteiger partial charge in [0, 0.05) is 36.0 Å². The number of hydrogen-bond acceptors (Lipinski definition) is 15. The molecule has 1 fully saturated rings. The standard InChI is InChI=1S/C37H49N5O12/c1-16-30(44)22(42-36(50)21(8-4-5-11-38)41-35(49)20(40)10-12-39)13-25(53-16)54-24-15-37(51,17(2)43)14-19-27(24)34(48)29-28(32(19)46)31(45)18-7-6-9-23(52-3)26(18)33(29)47/h6-7,9,16,20-22,24-25,30,44,46,48,51H,4-5,8,10-15,38-40H2,1-3H3,(H,41,49)(H,42,50). The Bertz CT molecular complexity index is 1820. The molecule has 5 rings (SSSR count). The fraction of sp³-hybridized carbons (Fsp3) is 0.541. The molecule has 0 spiro atoms. The number of nitrogens with two attached hydrogens (primary N) is 3. The Morgan fingerprint density at radius 3 is 2.37 bits per heavy atom. The highest BCUT2D eigenvalue weighted by atomic mass is 16.7. The monoisotopic (exact) mass is 755 g/mol.